The number of nitrogens with zero attached hydrogens (tertiary/aromatic N) is 1. The Kier molecular flexibility index (Phi) is 6.44. The molecule has 7 heteroatoms. The zero-order valence-corrected chi connectivity index (χ0v) is 18.7. The minimum atomic E-state index is -0.157. The van der Waals surface area contributed by atoms with Gasteiger partial charge in [-0.2, -0.15) is 0 Å². The first-order valence-corrected chi connectivity index (χ1v) is 11.0. The van der Waals surface area contributed by atoms with E-state index in [1.165, 1.54) is 16.7 Å². The first-order chi connectivity index (χ1) is 14.5. The predicted molar refractivity (Wildman–Crippen MR) is 129 cm³/mol. The fraction of sp³-hybridized carbons (Fsp3) is 0.0435. The highest BCUT2D eigenvalue weighted by Crippen LogP contribution is 2.36. The number of anilines is 1. The van der Waals surface area contributed by atoms with Crippen molar-refractivity contribution in [3.05, 3.63) is 98.9 Å². The highest BCUT2D eigenvalue weighted by molar-refractivity contribution is 8.27. The molecule has 0 aromatic heterocycles. The molecule has 0 unspecified atom stereocenters. The molecule has 0 N–H and O–H groups in total. The number of thiocarbonyl (C=S) groups is 1. The lowest BCUT2D eigenvalue weighted by Crippen LogP contribution is -2.27. The van der Waals surface area contributed by atoms with Crippen LogP contribution in [0.3, 0.4) is 0 Å². The standard InChI is InChI=1S/C23H15Cl2NO2S2/c24-17-8-4-16(5-9-17)14-28-20-10-6-15(7-11-20)12-21-22(27)26(23(29)30-21)19-3-1-2-18(25)13-19/h1-13H,14H2/b21-12+. The van der Waals surface area contributed by atoms with Crippen molar-refractivity contribution >= 4 is 69.2 Å². The maximum absolute atomic E-state index is 12.9. The van der Waals surface area contributed by atoms with E-state index in [4.69, 9.17) is 40.2 Å². The van der Waals surface area contributed by atoms with E-state index in [9.17, 15) is 4.79 Å². The summed E-state index contributed by atoms with van der Waals surface area (Å²) in [4.78, 5) is 14.9. The van der Waals surface area contributed by atoms with Gasteiger partial charge in [-0.05, 0) is 59.7 Å². The van der Waals surface area contributed by atoms with Gasteiger partial charge in [0.2, 0.25) is 0 Å². The molecular formula is C23H15Cl2NO2S2. The van der Waals surface area contributed by atoms with Gasteiger partial charge in [0, 0.05) is 10.0 Å². The van der Waals surface area contributed by atoms with Gasteiger partial charge in [-0.1, -0.05) is 77.5 Å². The van der Waals surface area contributed by atoms with Crippen LogP contribution in [0, 0.1) is 0 Å². The van der Waals surface area contributed by atoms with Gasteiger partial charge in [0.15, 0.2) is 4.32 Å². The molecule has 0 aliphatic carbocycles. The van der Waals surface area contributed by atoms with Crippen LogP contribution in [0.2, 0.25) is 10.0 Å². The summed E-state index contributed by atoms with van der Waals surface area (Å²) in [6.45, 7) is 0.453. The first kappa shape index (κ1) is 20.9. The van der Waals surface area contributed by atoms with Crippen LogP contribution < -0.4 is 9.64 Å². The summed E-state index contributed by atoms with van der Waals surface area (Å²) in [6.07, 6.45) is 1.83. The number of carbonyl (C=O) groups is 1. The molecule has 1 aliphatic heterocycles. The van der Waals surface area contributed by atoms with E-state index in [1.54, 1.807) is 18.2 Å². The maximum Gasteiger partial charge on any atom is 0.270 e. The van der Waals surface area contributed by atoms with Crippen molar-refractivity contribution in [3.63, 3.8) is 0 Å². The molecule has 3 aromatic carbocycles. The molecule has 3 aromatic rings. The minimum Gasteiger partial charge on any atom is -0.489 e. The summed E-state index contributed by atoms with van der Waals surface area (Å²) in [5, 5.41) is 1.25. The molecule has 1 amide bonds. The van der Waals surface area contributed by atoms with Crippen molar-refractivity contribution in [2.24, 2.45) is 0 Å². The summed E-state index contributed by atoms with van der Waals surface area (Å²) >= 11 is 18.6. The Bertz CT molecular complexity index is 1130. The molecule has 30 heavy (non-hydrogen) atoms. The zero-order chi connectivity index (χ0) is 21.1. The van der Waals surface area contributed by atoms with E-state index in [0.717, 1.165) is 16.9 Å². The number of hydrogen-bond donors (Lipinski definition) is 0. The second kappa shape index (κ2) is 9.23. The number of amides is 1. The van der Waals surface area contributed by atoms with Crippen molar-refractivity contribution in [2.75, 3.05) is 4.90 Å². The third kappa shape index (κ3) is 4.87. The molecule has 0 bridgehead atoms. The molecule has 1 fully saturated rings. The van der Waals surface area contributed by atoms with Crippen LogP contribution in [0.25, 0.3) is 6.08 Å². The lowest BCUT2D eigenvalue weighted by molar-refractivity contribution is -0.113. The van der Waals surface area contributed by atoms with E-state index in [1.807, 2.05) is 60.7 Å². The summed E-state index contributed by atoms with van der Waals surface area (Å²) in [7, 11) is 0. The van der Waals surface area contributed by atoms with Gasteiger partial charge in [0.05, 0.1) is 10.6 Å². The van der Waals surface area contributed by atoms with E-state index in [0.29, 0.717) is 31.6 Å². The van der Waals surface area contributed by atoms with Crippen molar-refractivity contribution in [1.29, 1.82) is 0 Å². The topological polar surface area (TPSA) is 29.5 Å². The van der Waals surface area contributed by atoms with Gasteiger partial charge in [-0.15, -0.1) is 0 Å². The fourth-order valence-electron chi connectivity index (χ4n) is 2.86. The van der Waals surface area contributed by atoms with Crippen molar-refractivity contribution in [2.45, 2.75) is 6.61 Å². The monoisotopic (exact) mass is 471 g/mol. The van der Waals surface area contributed by atoms with Gasteiger partial charge in [0.1, 0.15) is 12.4 Å². The van der Waals surface area contributed by atoms with Crippen LogP contribution in [0.1, 0.15) is 11.1 Å². The van der Waals surface area contributed by atoms with Crippen LogP contribution in [-0.4, -0.2) is 10.2 Å². The Morgan fingerprint density at radius 1 is 0.967 bits per heavy atom. The molecule has 1 saturated heterocycles. The highest BCUT2D eigenvalue weighted by atomic mass is 35.5. The fourth-order valence-corrected chi connectivity index (χ4v) is 4.47. The van der Waals surface area contributed by atoms with E-state index in [2.05, 4.69) is 0 Å². The van der Waals surface area contributed by atoms with Crippen LogP contribution in [-0.2, 0) is 11.4 Å². The number of thioether (sulfide) groups is 1. The average Bonchev–Trinajstić information content (AvgIpc) is 3.01. The number of rotatable bonds is 5. The highest BCUT2D eigenvalue weighted by Gasteiger charge is 2.33. The number of halogens is 2. The smallest absolute Gasteiger partial charge is 0.270 e. The second-order valence-corrected chi connectivity index (χ2v) is 9.03. The molecule has 0 spiro atoms. The van der Waals surface area contributed by atoms with Crippen LogP contribution >= 0.6 is 47.2 Å². The summed E-state index contributed by atoms with van der Waals surface area (Å²) in [5.41, 5.74) is 2.59. The predicted octanol–water partition coefficient (Wildman–Crippen LogP) is 6.98. The lowest BCUT2D eigenvalue weighted by Gasteiger charge is -2.14. The Morgan fingerprint density at radius 2 is 1.70 bits per heavy atom. The second-order valence-electron chi connectivity index (χ2n) is 6.48. The van der Waals surface area contributed by atoms with Gasteiger partial charge in [0.25, 0.3) is 5.91 Å². The Balaban J connectivity index is 1.45. The average molecular weight is 472 g/mol. The zero-order valence-electron chi connectivity index (χ0n) is 15.5. The van der Waals surface area contributed by atoms with E-state index >= 15 is 0 Å². The van der Waals surface area contributed by atoms with Crippen LogP contribution in [0.4, 0.5) is 5.69 Å². The van der Waals surface area contributed by atoms with E-state index < -0.39 is 0 Å². The Labute approximate surface area is 194 Å². The molecule has 0 atom stereocenters. The molecule has 150 valence electrons. The number of carbonyl (C=O) groups excluding carboxylic acids is 1. The largest absolute Gasteiger partial charge is 0.489 e. The number of benzene rings is 3. The molecule has 1 aliphatic rings. The van der Waals surface area contributed by atoms with Gasteiger partial charge in [-0.25, -0.2) is 0 Å². The normalized spacial score (nSPS) is 15.1. The van der Waals surface area contributed by atoms with Crippen molar-refractivity contribution in [3.8, 4) is 5.75 Å². The Morgan fingerprint density at radius 3 is 2.40 bits per heavy atom. The Hall–Kier alpha value is -2.31. The first-order valence-electron chi connectivity index (χ1n) is 9.00. The number of hydrogen-bond acceptors (Lipinski definition) is 4. The van der Waals surface area contributed by atoms with Crippen molar-refractivity contribution < 1.29 is 9.53 Å². The third-order valence-electron chi connectivity index (χ3n) is 4.36. The lowest BCUT2D eigenvalue weighted by atomic mass is 10.2. The molecule has 3 nitrogen and oxygen atoms in total. The maximum atomic E-state index is 12.9. The summed E-state index contributed by atoms with van der Waals surface area (Å²) < 4.78 is 6.29. The molecule has 0 radical (unpaired) electrons. The van der Waals surface area contributed by atoms with Crippen LogP contribution in [0.5, 0.6) is 5.75 Å². The summed E-state index contributed by atoms with van der Waals surface area (Å²) in [6, 6.07) is 22.2. The molecular weight excluding hydrogens is 457 g/mol. The SMILES string of the molecule is O=C1/C(=C\c2ccc(OCc3ccc(Cl)cc3)cc2)SC(=S)N1c1cccc(Cl)c1. The van der Waals surface area contributed by atoms with Crippen LogP contribution in [0.15, 0.2) is 77.7 Å². The van der Waals surface area contributed by atoms with Gasteiger partial charge in [-0.3, -0.25) is 9.69 Å². The molecule has 0 saturated carbocycles. The van der Waals surface area contributed by atoms with Gasteiger partial charge < -0.3 is 4.74 Å². The van der Waals surface area contributed by atoms with E-state index in [-0.39, 0.29) is 5.91 Å². The van der Waals surface area contributed by atoms with Crippen molar-refractivity contribution in [1.82, 2.24) is 0 Å². The minimum absolute atomic E-state index is 0.157. The number of ether oxygens (including phenoxy) is 1. The molecule has 4 rings (SSSR count). The van der Waals surface area contributed by atoms with Gasteiger partial charge >= 0.3 is 0 Å². The molecule has 1 heterocycles. The summed E-state index contributed by atoms with van der Waals surface area (Å²) in [5.74, 6) is 0.587. The third-order valence-corrected chi connectivity index (χ3v) is 6.15. The quantitative estimate of drug-likeness (QED) is 0.296.